The highest BCUT2D eigenvalue weighted by molar-refractivity contribution is 5.87. The highest BCUT2D eigenvalue weighted by atomic mass is 16.6. The minimum atomic E-state index is -0.359. The normalized spacial score (nSPS) is 24.3. The maximum Gasteiger partial charge on any atom is 0.411 e. The van der Waals surface area contributed by atoms with E-state index in [1.54, 1.807) is 4.90 Å². The second kappa shape index (κ2) is 6.38. The summed E-state index contributed by atoms with van der Waals surface area (Å²) in [6, 6.07) is 9.37. The predicted molar refractivity (Wildman–Crippen MR) is 82.1 cm³/mol. The maximum absolute atomic E-state index is 12.5. The fraction of sp³-hybridized carbons (Fsp3) is 0.529. The number of ether oxygens (including phenoxy) is 1. The highest BCUT2D eigenvalue weighted by Crippen LogP contribution is 2.30. The zero-order valence-electron chi connectivity index (χ0n) is 12.9. The van der Waals surface area contributed by atoms with Crippen LogP contribution in [0.15, 0.2) is 30.3 Å². The van der Waals surface area contributed by atoms with Crippen molar-refractivity contribution in [2.24, 2.45) is 0 Å². The van der Waals surface area contributed by atoms with Gasteiger partial charge in [0, 0.05) is 13.1 Å². The Hall–Kier alpha value is -2.04. The van der Waals surface area contributed by atoms with Gasteiger partial charge in [-0.25, -0.2) is 4.79 Å². The third-order valence-corrected chi connectivity index (χ3v) is 4.57. The van der Waals surface area contributed by atoms with E-state index in [0.717, 1.165) is 24.8 Å². The zero-order chi connectivity index (χ0) is 15.5. The molecule has 2 heterocycles. The molecule has 2 fully saturated rings. The first-order chi connectivity index (χ1) is 10.7. The van der Waals surface area contributed by atoms with Crippen molar-refractivity contribution in [2.75, 3.05) is 13.1 Å². The smallest absolute Gasteiger partial charge is 0.411 e. The van der Waals surface area contributed by atoms with Crippen LogP contribution < -0.4 is 0 Å². The summed E-state index contributed by atoms with van der Waals surface area (Å²) in [7, 11) is 0. The third-order valence-electron chi connectivity index (χ3n) is 4.57. The van der Waals surface area contributed by atoms with E-state index in [9.17, 15) is 9.59 Å². The van der Waals surface area contributed by atoms with Crippen LogP contribution in [0.25, 0.3) is 0 Å². The Balaban J connectivity index is 1.68. The van der Waals surface area contributed by atoms with Gasteiger partial charge in [0.2, 0.25) is 5.91 Å². The number of benzene rings is 1. The molecule has 0 aliphatic carbocycles. The van der Waals surface area contributed by atoms with Gasteiger partial charge < -0.3 is 9.64 Å². The Bertz CT molecular complexity index is 546. The van der Waals surface area contributed by atoms with Crippen LogP contribution in [-0.2, 0) is 16.1 Å². The number of rotatable bonds is 3. The van der Waals surface area contributed by atoms with E-state index in [4.69, 9.17) is 4.74 Å². The fourth-order valence-corrected chi connectivity index (χ4v) is 3.41. The first kappa shape index (κ1) is 14.9. The summed E-state index contributed by atoms with van der Waals surface area (Å²) in [6.45, 7) is 3.57. The summed E-state index contributed by atoms with van der Waals surface area (Å²) in [6.07, 6.45) is 2.33. The van der Waals surface area contributed by atoms with Gasteiger partial charge in [0.15, 0.2) is 0 Å². The lowest BCUT2D eigenvalue weighted by Gasteiger charge is -2.48. The molecular weight excluding hydrogens is 280 g/mol. The molecule has 118 valence electrons. The van der Waals surface area contributed by atoms with E-state index in [-0.39, 0.29) is 30.7 Å². The summed E-state index contributed by atoms with van der Waals surface area (Å²) in [5.74, 6) is 0.0649. The molecule has 0 spiro atoms. The van der Waals surface area contributed by atoms with Crippen LogP contribution >= 0.6 is 0 Å². The van der Waals surface area contributed by atoms with Crippen molar-refractivity contribution in [3.05, 3.63) is 35.9 Å². The minimum absolute atomic E-state index is 0.0649. The van der Waals surface area contributed by atoms with Crippen molar-refractivity contribution in [1.29, 1.82) is 0 Å². The molecular formula is C17H22N2O3. The Kier molecular flexibility index (Phi) is 4.32. The number of hydrogen-bond acceptors (Lipinski definition) is 3. The van der Waals surface area contributed by atoms with Crippen LogP contribution in [0.3, 0.4) is 0 Å². The third kappa shape index (κ3) is 2.80. The number of fused-ring (bicyclic) bond motifs is 2. The number of nitrogens with zero attached hydrogens (tertiary/aromatic N) is 2. The van der Waals surface area contributed by atoms with Gasteiger partial charge in [0.05, 0.1) is 6.04 Å². The average molecular weight is 302 g/mol. The first-order valence-electron chi connectivity index (χ1n) is 7.98. The molecule has 1 aromatic rings. The minimum Gasteiger partial charge on any atom is -0.445 e. The van der Waals surface area contributed by atoms with Gasteiger partial charge in [-0.15, -0.1) is 0 Å². The van der Waals surface area contributed by atoms with Crippen molar-refractivity contribution < 1.29 is 14.3 Å². The molecule has 5 nitrogen and oxygen atoms in total. The lowest BCUT2D eigenvalue weighted by molar-refractivity contribution is -0.146. The van der Waals surface area contributed by atoms with E-state index in [1.165, 1.54) is 0 Å². The van der Waals surface area contributed by atoms with Crippen LogP contribution in [0.1, 0.15) is 31.7 Å². The van der Waals surface area contributed by atoms with Crippen LogP contribution in [0, 0.1) is 0 Å². The van der Waals surface area contributed by atoms with Gasteiger partial charge >= 0.3 is 6.09 Å². The van der Waals surface area contributed by atoms with E-state index in [1.807, 2.05) is 42.2 Å². The topological polar surface area (TPSA) is 49.9 Å². The average Bonchev–Trinajstić information content (AvgIpc) is 2.56. The molecule has 0 N–H and O–H groups in total. The van der Waals surface area contributed by atoms with Crippen molar-refractivity contribution in [3.63, 3.8) is 0 Å². The van der Waals surface area contributed by atoms with Gasteiger partial charge in [-0.3, -0.25) is 9.69 Å². The Labute approximate surface area is 130 Å². The second-order valence-electron chi connectivity index (χ2n) is 5.92. The molecule has 0 aromatic heterocycles. The van der Waals surface area contributed by atoms with Crippen molar-refractivity contribution in [1.82, 2.24) is 9.80 Å². The Morgan fingerprint density at radius 1 is 1.27 bits per heavy atom. The SMILES string of the molecule is CCN1CC2CCCC(C1=O)N2C(=O)OCc1ccccc1. The Morgan fingerprint density at radius 2 is 2.05 bits per heavy atom. The standard InChI is InChI=1S/C17H22N2O3/c1-2-18-11-14-9-6-10-15(16(18)20)19(14)17(21)22-12-13-7-4-3-5-8-13/h3-5,7-8,14-15H,2,6,9-12H2,1H3. The largest absolute Gasteiger partial charge is 0.445 e. The summed E-state index contributed by atoms with van der Waals surface area (Å²) in [5.41, 5.74) is 0.958. The lowest BCUT2D eigenvalue weighted by Crippen LogP contribution is -2.65. The van der Waals surface area contributed by atoms with E-state index in [0.29, 0.717) is 13.1 Å². The number of amides is 2. The summed E-state index contributed by atoms with van der Waals surface area (Å²) in [5, 5.41) is 0. The number of likely N-dealkylation sites (N-methyl/N-ethyl adjacent to an activating group) is 1. The van der Waals surface area contributed by atoms with E-state index >= 15 is 0 Å². The molecule has 0 saturated carbocycles. The van der Waals surface area contributed by atoms with Crippen LogP contribution in [-0.4, -0.2) is 47.0 Å². The maximum atomic E-state index is 12.5. The fourth-order valence-electron chi connectivity index (χ4n) is 3.41. The molecule has 2 aliphatic heterocycles. The molecule has 0 radical (unpaired) electrons. The molecule has 2 aliphatic rings. The van der Waals surface area contributed by atoms with Crippen LogP contribution in [0.4, 0.5) is 4.79 Å². The predicted octanol–water partition coefficient (Wildman–Crippen LogP) is 2.41. The molecule has 2 unspecified atom stereocenters. The van der Waals surface area contributed by atoms with Gasteiger partial charge in [-0.2, -0.15) is 0 Å². The van der Waals surface area contributed by atoms with Crippen molar-refractivity contribution in [3.8, 4) is 0 Å². The van der Waals surface area contributed by atoms with Crippen molar-refractivity contribution >= 4 is 12.0 Å². The molecule has 2 atom stereocenters. The summed E-state index contributed by atoms with van der Waals surface area (Å²) in [4.78, 5) is 28.4. The van der Waals surface area contributed by atoms with Gasteiger partial charge in [0.25, 0.3) is 0 Å². The summed E-state index contributed by atoms with van der Waals surface area (Å²) >= 11 is 0. The molecule has 3 rings (SSSR count). The molecule has 2 amide bonds. The quantitative estimate of drug-likeness (QED) is 0.861. The lowest BCUT2D eigenvalue weighted by atomic mass is 9.91. The van der Waals surface area contributed by atoms with Gasteiger partial charge in [-0.05, 0) is 31.7 Å². The van der Waals surface area contributed by atoms with Gasteiger partial charge in [-0.1, -0.05) is 30.3 Å². The summed E-state index contributed by atoms with van der Waals surface area (Å²) < 4.78 is 5.44. The monoisotopic (exact) mass is 302 g/mol. The molecule has 22 heavy (non-hydrogen) atoms. The zero-order valence-corrected chi connectivity index (χ0v) is 12.9. The van der Waals surface area contributed by atoms with Crippen LogP contribution in [0.2, 0.25) is 0 Å². The molecule has 2 bridgehead atoms. The molecule has 2 saturated heterocycles. The first-order valence-corrected chi connectivity index (χ1v) is 7.98. The van der Waals surface area contributed by atoms with E-state index in [2.05, 4.69) is 0 Å². The number of piperidine rings is 1. The van der Waals surface area contributed by atoms with Crippen molar-refractivity contribution in [2.45, 2.75) is 44.9 Å². The number of hydrogen-bond donors (Lipinski definition) is 0. The number of piperazine rings is 1. The van der Waals surface area contributed by atoms with Crippen LogP contribution in [0.5, 0.6) is 0 Å². The Morgan fingerprint density at radius 3 is 2.77 bits per heavy atom. The number of carbonyl (C=O) groups excluding carboxylic acids is 2. The van der Waals surface area contributed by atoms with Gasteiger partial charge in [0.1, 0.15) is 12.6 Å². The number of carbonyl (C=O) groups is 2. The molecule has 5 heteroatoms. The number of likely N-dealkylation sites (tertiary alicyclic amines) is 1. The second-order valence-corrected chi connectivity index (χ2v) is 5.92. The molecule has 1 aromatic carbocycles. The van der Waals surface area contributed by atoms with E-state index < -0.39 is 0 Å². The highest BCUT2D eigenvalue weighted by Gasteiger charge is 2.45.